The zero-order valence-corrected chi connectivity index (χ0v) is 35.3. The Morgan fingerprint density at radius 3 is 1.75 bits per heavy atom. The van der Waals surface area contributed by atoms with Crippen molar-refractivity contribution in [1.29, 1.82) is 0 Å². The largest absolute Gasteiger partial charge is 0.292 e. The number of imidazole rings is 1. The molecule has 0 atom stereocenters. The number of benzene rings is 11. The van der Waals surface area contributed by atoms with Crippen LogP contribution in [-0.2, 0) is 0 Å². The third-order valence-corrected chi connectivity index (χ3v) is 13.4. The van der Waals surface area contributed by atoms with Crippen molar-refractivity contribution in [2.45, 2.75) is 6.92 Å². The number of pyridine rings is 1. The molecule has 13 rings (SSSR count). The van der Waals surface area contributed by atoms with Gasteiger partial charge in [0.1, 0.15) is 5.65 Å². The van der Waals surface area contributed by atoms with E-state index in [1.165, 1.54) is 109 Å². The van der Waals surface area contributed by atoms with Gasteiger partial charge < -0.3 is 0 Å². The van der Waals surface area contributed by atoms with Gasteiger partial charge in [-0.2, -0.15) is 0 Å². The monoisotopic (exact) mass is 812 g/mol. The van der Waals surface area contributed by atoms with E-state index in [0.29, 0.717) is 0 Å². The van der Waals surface area contributed by atoms with Crippen molar-refractivity contribution in [2.75, 3.05) is 0 Å². The molecular formula is C62H40N2. The van der Waals surface area contributed by atoms with Gasteiger partial charge in [0, 0.05) is 16.2 Å². The average molecular weight is 813 g/mol. The normalized spacial score (nSPS) is 12.3. The third-order valence-electron chi connectivity index (χ3n) is 13.4. The summed E-state index contributed by atoms with van der Waals surface area (Å²) < 4.78 is 2.39. The van der Waals surface area contributed by atoms with Crippen LogP contribution in [0.4, 0.5) is 0 Å². The highest BCUT2D eigenvalue weighted by Gasteiger charge is 2.21. The van der Waals surface area contributed by atoms with Gasteiger partial charge in [-0.1, -0.05) is 182 Å². The molecule has 2 heteroatoms. The predicted molar refractivity (Wildman–Crippen MR) is 275 cm³/mol. The van der Waals surface area contributed by atoms with Crippen LogP contribution in [0.1, 0.15) is 12.5 Å². The van der Waals surface area contributed by atoms with E-state index in [4.69, 9.17) is 4.98 Å². The SMILES string of the molecule is C/C=C\C=C/c1cccc(-c2c3ccccc3c(-c3ccc4ccccc4c3)c3ccc(-c4ccc5c(c4)c4c6ccccc6c6ccccc6c4c4nc6ccccc6n54)cc23)c1. The molecule has 64 heavy (non-hydrogen) atoms. The third kappa shape index (κ3) is 5.49. The maximum absolute atomic E-state index is 5.36. The van der Waals surface area contributed by atoms with Crippen molar-refractivity contribution >= 4 is 98.3 Å². The summed E-state index contributed by atoms with van der Waals surface area (Å²) in [5, 5.41) is 16.0. The number of fused-ring (bicyclic) bond motifs is 16. The molecule has 0 fully saturated rings. The van der Waals surface area contributed by atoms with Gasteiger partial charge in [0.05, 0.1) is 16.6 Å². The van der Waals surface area contributed by atoms with E-state index in [9.17, 15) is 0 Å². The Kier molecular flexibility index (Phi) is 8.16. The fraction of sp³-hybridized carbons (Fsp3) is 0.0161. The van der Waals surface area contributed by atoms with Crippen LogP contribution in [0.25, 0.3) is 132 Å². The lowest BCUT2D eigenvalue weighted by Gasteiger charge is -2.19. The van der Waals surface area contributed by atoms with Crippen molar-refractivity contribution in [3.8, 4) is 33.4 Å². The lowest BCUT2D eigenvalue weighted by Crippen LogP contribution is -1.95. The van der Waals surface area contributed by atoms with Gasteiger partial charge >= 0.3 is 0 Å². The first-order valence-electron chi connectivity index (χ1n) is 22.2. The van der Waals surface area contributed by atoms with Crippen LogP contribution < -0.4 is 0 Å². The van der Waals surface area contributed by atoms with Crippen LogP contribution in [0.3, 0.4) is 0 Å². The number of nitrogens with zero attached hydrogens (tertiary/aromatic N) is 2. The quantitative estimate of drug-likeness (QED) is 0.0961. The summed E-state index contributed by atoms with van der Waals surface area (Å²) in [5.74, 6) is 0. The summed E-state index contributed by atoms with van der Waals surface area (Å²) in [6.07, 6.45) is 8.46. The van der Waals surface area contributed by atoms with Crippen LogP contribution in [0, 0.1) is 0 Å². The number of hydrogen-bond acceptors (Lipinski definition) is 1. The smallest absolute Gasteiger partial charge is 0.147 e. The zero-order valence-electron chi connectivity index (χ0n) is 35.3. The van der Waals surface area contributed by atoms with E-state index in [1.54, 1.807) is 0 Å². The molecule has 2 nitrogen and oxygen atoms in total. The molecule has 0 spiro atoms. The van der Waals surface area contributed by atoms with Crippen LogP contribution >= 0.6 is 0 Å². The van der Waals surface area contributed by atoms with Crippen molar-refractivity contribution < 1.29 is 0 Å². The Morgan fingerprint density at radius 2 is 0.969 bits per heavy atom. The van der Waals surface area contributed by atoms with Gasteiger partial charge in [0.2, 0.25) is 0 Å². The summed E-state index contributed by atoms with van der Waals surface area (Å²) >= 11 is 0. The van der Waals surface area contributed by atoms with Crippen LogP contribution in [0.15, 0.2) is 218 Å². The lowest BCUT2D eigenvalue weighted by atomic mass is 9.84. The Balaban J connectivity index is 1.14. The van der Waals surface area contributed by atoms with E-state index in [2.05, 4.69) is 236 Å². The number of allylic oxidation sites excluding steroid dienone is 3. The maximum atomic E-state index is 5.36. The summed E-state index contributed by atoms with van der Waals surface area (Å²) in [4.78, 5) is 5.36. The minimum atomic E-state index is 0.990. The molecule has 0 saturated carbocycles. The number of aromatic nitrogens is 2. The summed E-state index contributed by atoms with van der Waals surface area (Å²) in [7, 11) is 0. The number of para-hydroxylation sites is 2. The average Bonchev–Trinajstić information content (AvgIpc) is 3.75. The Bertz CT molecular complexity index is 4140. The van der Waals surface area contributed by atoms with Crippen LogP contribution in [-0.4, -0.2) is 9.38 Å². The molecule has 0 aliphatic rings. The molecule has 0 saturated heterocycles. The first-order chi connectivity index (χ1) is 31.7. The molecule has 13 aromatic rings. The van der Waals surface area contributed by atoms with E-state index < -0.39 is 0 Å². The first-order valence-corrected chi connectivity index (χ1v) is 22.2. The molecule has 2 aromatic heterocycles. The molecule has 0 radical (unpaired) electrons. The van der Waals surface area contributed by atoms with E-state index in [-0.39, 0.29) is 0 Å². The number of rotatable bonds is 5. The van der Waals surface area contributed by atoms with Crippen molar-refractivity contribution in [3.05, 3.63) is 224 Å². The van der Waals surface area contributed by atoms with Crippen molar-refractivity contribution in [3.63, 3.8) is 0 Å². The highest BCUT2D eigenvalue weighted by molar-refractivity contribution is 6.35. The molecule has 298 valence electrons. The van der Waals surface area contributed by atoms with Gasteiger partial charge in [0.15, 0.2) is 0 Å². The van der Waals surface area contributed by atoms with E-state index >= 15 is 0 Å². The van der Waals surface area contributed by atoms with Crippen LogP contribution in [0.5, 0.6) is 0 Å². The van der Waals surface area contributed by atoms with Crippen LogP contribution in [0.2, 0.25) is 0 Å². The maximum Gasteiger partial charge on any atom is 0.147 e. The number of hydrogen-bond donors (Lipinski definition) is 0. The summed E-state index contributed by atoms with van der Waals surface area (Å²) in [6.45, 7) is 2.05. The molecule has 0 N–H and O–H groups in total. The molecule has 11 aromatic carbocycles. The fourth-order valence-corrected chi connectivity index (χ4v) is 10.6. The summed E-state index contributed by atoms with van der Waals surface area (Å²) in [5.41, 5.74) is 12.7. The molecule has 0 unspecified atom stereocenters. The Labute approximate surface area is 370 Å². The molecule has 0 aliphatic heterocycles. The van der Waals surface area contributed by atoms with Gasteiger partial charge in [0.25, 0.3) is 0 Å². The highest BCUT2D eigenvalue weighted by atomic mass is 15.0. The van der Waals surface area contributed by atoms with E-state index in [0.717, 1.165) is 22.2 Å². The van der Waals surface area contributed by atoms with Gasteiger partial charge in [-0.15, -0.1) is 0 Å². The molecule has 0 amide bonds. The molecule has 0 bridgehead atoms. The standard InChI is InChI=1S/C62H40N2/c1-2-3-4-16-39-17-15-20-44(35-39)59-51-26-12-11-25-50(51)58(45-30-29-40-18-5-6-19-41(40)36-45)52-33-31-42(37-53(52)59)43-32-34-56-54(38-43)60-48-23-9-7-21-46(48)47-22-8-10-24-49(47)61(60)62-63-55-27-13-14-28-57(55)64(56)62/h2-38H,1H3/b3-2-,16-4-. The Morgan fingerprint density at radius 1 is 0.375 bits per heavy atom. The minimum Gasteiger partial charge on any atom is -0.292 e. The fourth-order valence-electron chi connectivity index (χ4n) is 10.6. The first kappa shape index (κ1) is 36.3. The van der Waals surface area contributed by atoms with Gasteiger partial charge in [-0.05, 0) is 142 Å². The van der Waals surface area contributed by atoms with E-state index in [1.807, 2.05) is 0 Å². The summed E-state index contributed by atoms with van der Waals surface area (Å²) in [6, 6.07) is 74.1. The molecule has 2 heterocycles. The zero-order chi connectivity index (χ0) is 42.3. The second-order valence-electron chi connectivity index (χ2n) is 17.0. The predicted octanol–water partition coefficient (Wildman–Crippen LogP) is 17.2. The molecule has 0 aliphatic carbocycles. The topological polar surface area (TPSA) is 17.3 Å². The highest BCUT2D eigenvalue weighted by Crippen LogP contribution is 2.47. The van der Waals surface area contributed by atoms with Gasteiger partial charge in [-0.3, -0.25) is 4.40 Å². The second kappa shape index (κ2) is 14.4. The molecular weight excluding hydrogens is 773 g/mol. The minimum absolute atomic E-state index is 0.990. The van der Waals surface area contributed by atoms with Crippen molar-refractivity contribution in [2.24, 2.45) is 0 Å². The van der Waals surface area contributed by atoms with Crippen molar-refractivity contribution in [1.82, 2.24) is 9.38 Å². The Hall–Kier alpha value is -8.33. The second-order valence-corrected chi connectivity index (χ2v) is 17.0. The van der Waals surface area contributed by atoms with Gasteiger partial charge in [-0.25, -0.2) is 4.98 Å². The lowest BCUT2D eigenvalue weighted by molar-refractivity contribution is 1.32.